The molecule has 3 aromatic rings. The van der Waals surface area contributed by atoms with Crippen molar-refractivity contribution in [1.29, 1.82) is 0 Å². The van der Waals surface area contributed by atoms with E-state index < -0.39 is 34.4 Å². The number of rotatable bonds is 12. The van der Waals surface area contributed by atoms with Gasteiger partial charge in [-0.2, -0.15) is 0 Å². The zero-order chi connectivity index (χ0) is 30.3. The Morgan fingerprint density at radius 1 is 0.976 bits per heavy atom. The standard InChI is InChI=1S/C29H32Cl3N3O5S/c1-5-14-33-29(37)20(3)34(17-21-8-9-22(30)15-25(21)32)28(36)18-35(26-16-23(31)10-13-27(26)40-4)41(38,39)24-11-6-19(2)7-12-24/h6-13,15-16,20H,5,14,17-18H2,1-4H3,(H,33,37)/t20-/m0/s1. The lowest BCUT2D eigenvalue weighted by atomic mass is 10.1. The van der Waals surface area contributed by atoms with E-state index in [2.05, 4.69) is 5.32 Å². The van der Waals surface area contributed by atoms with Crippen LogP contribution < -0.4 is 14.4 Å². The summed E-state index contributed by atoms with van der Waals surface area (Å²) < 4.78 is 34.4. The lowest BCUT2D eigenvalue weighted by molar-refractivity contribution is -0.139. The molecule has 2 amide bonds. The summed E-state index contributed by atoms with van der Waals surface area (Å²) in [7, 11) is -2.90. The number of hydrogen-bond donors (Lipinski definition) is 1. The Morgan fingerprint density at radius 3 is 2.22 bits per heavy atom. The molecule has 3 aromatic carbocycles. The number of nitrogens with one attached hydrogen (secondary N) is 1. The zero-order valence-corrected chi connectivity index (χ0v) is 26.2. The van der Waals surface area contributed by atoms with Crippen LogP contribution in [-0.4, -0.2) is 51.4 Å². The minimum Gasteiger partial charge on any atom is -0.495 e. The Morgan fingerprint density at radius 2 is 1.61 bits per heavy atom. The van der Waals surface area contributed by atoms with Crippen LogP contribution in [0.4, 0.5) is 5.69 Å². The van der Waals surface area contributed by atoms with Gasteiger partial charge in [0.2, 0.25) is 11.8 Å². The fourth-order valence-corrected chi connectivity index (χ4v) is 6.07. The highest BCUT2D eigenvalue weighted by Gasteiger charge is 2.34. The number of hydrogen-bond acceptors (Lipinski definition) is 5. The third-order valence-electron chi connectivity index (χ3n) is 6.37. The van der Waals surface area contributed by atoms with E-state index >= 15 is 0 Å². The fourth-order valence-electron chi connectivity index (χ4n) is 4.02. The molecule has 0 fully saturated rings. The summed E-state index contributed by atoms with van der Waals surface area (Å²) in [6.07, 6.45) is 0.701. The van der Waals surface area contributed by atoms with Gasteiger partial charge in [-0.25, -0.2) is 8.42 Å². The maximum absolute atomic E-state index is 14.0. The predicted octanol–water partition coefficient (Wildman–Crippen LogP) is 6.10. The highest BCUT2D eigenvalue weighted by molar-refractivity contribution is 7.92. The molecule has 0 aromatic heterocycles. The van der Waals surface area contributed by atoms with Gasteiger partial charge in [0.1, 0.15) is 18.3 Å². The Labute approximate surface area is 256 Å². The predicted molar refractivity (Wildman–Crippen MR) is 163 cm³/mol. The largest absolute Gasteiger partial charge is 0.495 e. The molecule has 1 atom stereocenters. The number of ether oxygens (including phenoxy) is 1. The average Bonchev–Trinajstić information content (AvgIpc) is 2.93. The Balaban J connectivity index is 2.11. The number of methoxy groups -OCH3 is 1. The van der Waals surface area contributed by atoms with Gasteiger partial charge in [0.15, 0.2) is 0 Å². The van der Waals surface area contributed by atoms with Crippen LogP contribution in [0, 0.1) is 6.92 Å². The first kappa shape index (κ1) is 32.5. The first-order valence-corrected chi connectivity index (χ1v) is 15.4. The maximum Gasteiger partial charge on any atom is 0.264 e. The normalized spacial score (nSPS) is 12.0. The summed E-state index contributed by atoms with van der Waals surface area (Å²) in [4.78, 5) is 28.3. The summed E-state index contributed by atoms with van der Waals surface area (Å²) in [6, 6.07) is 14.6. The summed E-state index contributed by atoms with van der Waals surface area (Å²) in [5.74, 6) is -0.842. The topological polar surface area (TPSA) is 96.0 Å². The summed E-state index contributed by atoms with van der Waals surface area (Å²) >= 11 is 18.7. The smallest absolute Gasteiger partial charge is 0.264 e. The molecule has 0 aliphatic rings. The number of carbonyl (C=O) groups is 2. The van der Waals surface area contributed by atoms with Gasteiger partial charge in [0, 0.05) is 28.2 Å². The highest BCUT2D eigenvalue weighted by Crippen LogP contribution is 2.35. The van der Waals surface area contributed by atoms with E-state index in [1.54, 1.807) is 37.3 Å². The van der Waals surface area contributed by atoms with Gasteiger partial charge in [0.25, 0.3) is 10.0 Å². The Bertz CT molecular complexity index is 1500. The molecule has 0 saturated carbocycles. The van der Waals surface area contributed by atoms with E-state index in [0.717, 1.165) is 9.87 Å². The van der Waals surface area contributed by atoms with Gasteiger partial charge in [-0.1, -0.05) is 65.5 Å². The van der Waals surface area contributed by atoms with E-state index in [4.69, 9.17) is 39.5 Å². The first-order chi connectivity index (χ1) is 19.4. The molecule has 0 spiro atoms. The molecule has 0 saturated heterocycles. The second-order valence-corrected chi connectivity index (χ2v) is 12.5. The van der Waals surface area contributed by atoms with Gasteiger partial charge in [0.05, 0.1) is 17.7 Å². The van der Waals surface area contributed by atoms with Crippen LogP contribution in [0.3, 0.4) is 0 Å². The van der Waals surface area contributed by atoms with E-state index in [0.29, 0.717) is 28.6 Å². The number of halogens is 3. The molecule has 3 rings (SSSR count). The minimum atomic E-state index is -4.29. The molecular formula is C29H32Cl3N3O5S. The molecule has 0 aliphatic heterocycles. The SMILES string of the molecule is CCCNC(=O)[C@H](C)N(Cc1ccc(Cl)cc1Cl)C(=O)CN(c1cc(Cl)ccc1OC)S(=O)(=O)c1ccc(C)cc1. The van der Waals surface area contributed by atoms with E-state index in [9.17, 15) is 18.0 Å². The summed E-state index contributed by atoms with van der Waals surface area (Å²) in [6.45, 7) is 5.02. The molecule has 8 nitrogen and oxygen atoms in total. The van der Waals surface area contributed by atoms with Crippen molar-refractivity contribution in [2.45, 2.75) is 44.7 Å². The molecule has 0 radical (unpaired) electrons. The molecule has 0 aliphatic carbocycles. The molecule has 0 bridgehead atoms. The van der Waals surface area contributed by atoms with Gasteiger partial charge in [-0.05, 0) is 68.3 Å². The van der Waals surface area contributed by atoms with Gasteiger partial charge < -0.3 is 15.0 Å². The van der Waals surface area contributed by atoms with Crippen LogP contribution in [0.1, 0.15) is 31.4 Å². The van der Waals surface area contributed by atoms with Crippen molar-refractivity contribution in [3.8, 4) is 5.75 Å². The van der Waals surface area contributed by atoms with Crippen molar-refractivity contribution >= 4 is 62.3 Å². The Hall–Kier alpha value is -2.98. The quantitative estimate of drug-likeness (QED) is 0.258. The van der Waals surface area contributed by atoms with Crippen molar-refractivity contribution < 1.29 is 22.7 Å². The van der Waals surface area contributed by atoms with Crippen LogP contribution >= 0.6 is 34.8 Å². The molecule has 0 heterocycles. The summed E-state index contributed by atoms with van der Waals surface area (Å²) in [5.41, 5.74) is 1.47. The number of amides is 2. The number of benzene rings is 3. The van der Waals surface area contributed by atoms with Crippen LogP contribution in [0.5, 0.6) is 5.75 Å². The number of aryl methyl sites for hydroxylation is 1. The summed E-state index contributed by atoms with van der Waals surface area (Å²) in [5, 5.41) is 3.75. The first-order valence-electron chi connectivity index (χ1n) is 12.8. The lowest BCUT2D eigenvalue weighted by Gasteiger charge is -2.32. The third kappa shape index (κ3) is 8.07. The van der Waals surface area contributed by atoms with Crippen LogP contribution in [0.2, 0.25) is 15.1 Å². The minimum absolute atomic E-state index is 0.0287. The second-order valence-electron chi connectivity index (χ2n) is 9.37. The van der Waals surface area contributed by atoms with Crippen molar-refractivity contribution in [3.05, 3.63) is 86.9 Å². The molecule has 220 valence electrons. The van der Waals surface area contributed by atoms with E-state index in [-0.39, 0.29) is 27.9 Å². The third-order valence-corrected chi connectivity index (χ3v) is 8.97. The van der Waals surface area contributed by atoms with Crippen molar-refractivity contribution in [3.63, 3.8) is 0 Å². The second kappa shape index (κ2) is 14.3. The average molecular weight is 641 g/mol. The molecule has 0 unspecified atom stereocenters. The van der Waals surface area contributed by atoms with Gasteiger partial charge in [-0.15, -0.1) is 0 Å². The van der Waals surface area contributed by atoms with Crippen molar-refractivity contribution in [2.75, 3.05) is 24.5 Å². The lowest BCUT2D eigenvalue weighted by Crippen LogP contribution is -2.51. The van der Waals surface area contributed by atoms with Gasteiger partial charge >= 0.3 is 0 Å². The highest BCUT2D eigenvalue weighted by atomic mass is 35.5. The Kier molecular flexibility index (Phi) is 11.3. The fraction of sp³-hybridized carbons (Fsp3) is 0.310. The molecular weight excluding hydrogens is 609 g/mol. The van der Waals surface area contributed by atoms with Crippen LogP contribution in [0.15, 0.2) is 65.6 Å². The number of carbonyl (C=O) groups excluding carboxylic acids is 2. The van der Waals surface area contributed by atoms with Crippen LogP contribution in [-0.2, 0) is 26.2 Å². The zero-order valence-electron chi connectivity index (χ0n) is 23.2. The van der Waals surface area contributed by atoms with E-state index in [1.807, 2.05) is 13.8 Å². The molecule has 12 heteroatoms. The number of sulfonamides is 1. The van der Waals surface area contributed by atoms with E-state index in [1.165, 1.54) is 42.3 Å². The van der Waals surface area contributed by atoms with Crippen molar-refractivity contribution in [2.24, 2.45) is 0 Å². The number of anilines is 1. The van der Waals surface area contributed by atoms with Crippen LogP contribution in [0.25, 0.3) is 0 Å². The molecule has 41 heavy (non-hydrogen) atoms. The van der Waals surface area contributed by atoms with Gasteiger partial charge in [-0.3, -0.25) is 13.9 Å². The van der Waals surface area contributed by atoms with Crippen molar-refractivity contribution in [1.82, 2.24) is 10.2 Å². The maximum atomic E-state index is 14.0. The molecule has 1 N–H and O–H groups in total. The number of nitrogens with zero attached hydrogens (tertiary/aromatic N) is 2. The monoisotopic (exact) mass is 639 g/mol.